The molecule has 0 aliphatic rings. The van der Waals surface area contributed by atoms with Crippen LogP contribution in [-0.4, -0.2) is 13.4 Å². The van der Waals surface area contributed by atoms with Crippen LogP contribution in [0, 0.1) is 18.3 Å². The van der Waals surface area contributed by atoms with Gasteiger partial charge in [-0.1, -0.05) is 24.3 Å². The van der Waals surface area contributed by atoms with Crippen LogP contribution in [0.2, 0.25) is 0 Å². The molecule has 0 spiro atoms. The average Bonchev–Trinajstić information content (AvgIpc) is 2.62. The summed E-state index contributed by atoms with van der Waals surface area (Å²) in [6.07, 6.45) is 3.51. The van der Waals surface area contributed by atoms with Crippen molar-refractivity contribution in [3.05, 3.63) is 78.1 Å². The molecule has 0 amide bonds. The second-order valence-electron chi connectivity index (χ2n) is 5.48. The fourth-order valence-corrected chi connectivity index (χ4v) is 3.70. The smallest absolute Gasteiger partial charge is 0.263 e. The second kappa shape index (κ2) is 6.75. The van der Waals surface area contributed by atoms with E-state index in [0.717, 1.165) is 16.7 Å². The van der Waals surface area contributed by atoms with E-state index in [1.165, 1.54) is 12.1 Å². The predicted octanol–water partition coefficient (Wildman–Crippen LogP) is 3.73. The molecule has 3 aromatic rings. The summed E-state index contributed by atoms with van der Waals surface area (Å²) in [6.45, 7) is 1.99. The molecular formula is C19H15N3O2S. The van der Waals surface area contributed by atoms with Gasteiger partial charge in [-0.25, -0.2) is 8.42 Å². The van der Waals surface area contributed by atoms with Gasteiger partial charge < -0.3 is 0 Å². The second-order valence-corrected chi connectivity index (χ2v) is 7.13. The van der Waals surface area contributed by atoms with Gasteiger partial charge in [0.1, 0.15) is 11.0 Å². The Labute approximate surface area is 146 Å². The van der Waals surface area contributed by atoms with Crippen molar-refractivity contribution in [3.8, 4) is 17.2 Å². The summed E-state index contributed by atoms with van der Waals surface area (Å²) in [5, 5.41) is 9.09. The van der Waals surface area contributed by atoms with Gasteiger partial charge in [0.2, 0.25) is 0 Å². The number of aromatic nitrogens is 1. The Kier molecular flexibility index (Phi) is 4.50. The topological polar surface area (TPSA) is 82.8 Å². The van der Waals surface area contributed by atoms with E-state index in [1.54, 1.807) is 36.7 Å². The average molecular weight is 349 g/mol. The van der Waals surface area contributed by atoms with E-state index in [1.807, 2.05) is 31.2 Å². The number of rotatable bonds is 4. The van der Waals surface area contributed by atoms with Crippen molar-refractivity contribution in [3.63, 3.8) is 0 Å². The zero-order chi connectivity index (χ0) is 17.9. The van der Waals surface area contributed by atoms with Crippen LogP contribution in [0.5, 0.6) is 0 Å². The number of aryl methyl sites for hydroxylation is 1. The summed E-state index contributed by atoms with van der Waals surface area (Å²) < 4.78 is 27.5. The van der Waals surface area contributed by atoms with Crippen LogP contribution in [0.4, 0.5) is 5.69 Å². The number of hydrogen-bond donors (Lipinski definition) is 1. The van der Waals surface area contributed by atoms with Crippen molar-refractivity contribution in [1.82, 2.24) is 4.98 Å². The molecule has 0 radical (unpaired) electrons. The predicted molar refractivity (Wildman–Crippen MR) is 96.4 cm³/mol. The van der Waals surface area contributed by atoms with Crippen molar-refractivity contribution in [2.75, 3.05) is 4.72 Å². The van der Waals surface area contributed by atoms with Gasteiger partial charge in [0.05, 0.1) is 5.56 Å². The number of anilines is 1. The minimum atomic E-state index is -3.83. The van der Waals surface area contributed by atoms with Gasteiger partial charge in [0.15, 0.2) is 0 Å². The summed E-state index contributed by atoms with van der Waals surface area (Å²) in [7, 11) is -3.83. The summed E-state index contributed by atoms with van der Waals surface area (Å²) in [5.74, 6) is 0. The lowest BCUT2D eigenvalue weighted by molar-refractivity contribution is 0.601. The van der Waals surface area contributed by atoms with Crippen LogP contribution in [0.3, 0.4) is 0 Å². The Morgan fingerprint density at radius 2 is 1.76 bits per heavy atom. The lowest BCUT2D eigenvalue weighted by Crippen LogP contribution is -2.14. The molecule has 0 aliphatic heterocycles. The SMILES string of the molecule is Cc1ccncc1-c1ccc(NS(=O)(=O)c2ccccc2C#N)cc1. The monoisotopic (exact) mass is 349 g/mol. The number of nitrogens with zero attached hydrogens (tertiary/aromatic N) is 2. The van der Waals surface area contributed by atoms with Gasteiger partial charge in [-0.05, 0) is 48.4 Å². The number of sulfonamides is 1. The van der Waals surface area contributed by atoms with E-state index in [0.29, 0.717) is 5.69 Å². The standard InChI is InChI=1S/C19H15N3O2S/c1-14-10-11-21-13-18(14)15-6-8-17(9-7-15)22-25(23,24)19-5-3-2-4-16(19)12-20/h2-11,13,22H,1H3. The molecule has 2 aromatic carbocycles. The van der Waals surface area contributed by atoms with Gasteiger partial charge in [-0.15, -0.1) is 0 Å². The van der Waals surface area contributed by atoms with Crippen LogP contribution in [0.1, 0.15) is 11.1 Å². The molecule has 5 nitrogen and oxygen atoms in total. The first-order valence-corrected chi connectivity index (χ1v) is 9.02. The Morgan fingerprint density at radius 1 is 1.04 bits per heavy atom. The maximum absolute atomic E-state index is 12.5. The van der Waals surface area contributed by atoms with Crippen molar-refractivity contribution < 1.29 is 8.42 Å². The lowest BCUT2D eigenvalue weighted by atomic mass is 10.0. The molecule has 0 atom stereocenters. The highest BCUT2D eigenvalue weighted by Crippen LogP contribution is 2.25. The van der Waals surface area contributed by atoms with Crippen LogP contribution >= 0.6 is 0 Å². The molecule has 0 saturated carbocycles. The van der Waals surface area contributed by atoms with Crippen molar-refractivity contribution in [1.29, 1.82) is 5.26 Å². The molecule has 25 heavy (non-hydrogen) atoms. The number of nitriles is 1. The van der Waals surface area contributed by atoms with Crippen molar-refractivity contribution in [2.24, 2.45) is 0 Å². The Balaban J connectivity index is 1.89. The third-order valence-corrected chi connectivity index (χ3v) is 5.22. The molecule has 0 unspecified atom stereocenters. The highest BCUT2D eigenvalue weighted by atomic mass is 32.2. The molecular weight excluding hydrogens is 334 g/mol. The van der Waals surface area contributed by atoms with Gasteiger partial charge in [0.25, 0.3) is 10.0 Å². The lowest BCUT2D eigenvalue weighted by Gasteiger charge is -2.10. The number of benzene rings is 2. The van der Waals surface area contributed by atoms with Crippen LogP contribution in [-0.2, 0) is 10.0 Å². The van der Waals surface area contributed by atoms with Crippen molar-refractivity contribution >= 4 is 15.7 Å². The third-order valence-electron chi connectivity index (χ3n) is 3.78. The first kappa shape index (κ1) is 16.7. The van der Waals surface area contributed by atoms with Crippen LogP contribution in [0.25, 0.3) is 11.1 Å². The van der Waals surface area contributed by atoms with E-state index >= 15 is 0 Å². The molecule has 1 N–H and O–H groups in total. The molecule has 1 heterocycles. The molecule has 1 aromatic heterocycles. The van der Waals surface area contributed by atoms with Crippen LogP contribution in [0.15, 0.2) is 71.9 Å². The van der Waals surface area contributed by atoms with Gasteiger partial charge in [0, 0.05) is 23.6 Å². The zero-order valence-corrected chi connectivity index (χ0v) is 14.3. The molecule has 0 bridgehead atoms. The fraction of sp³-hybridized carbons (Fsp3) is 0.0526. The number of pyridine rings is 1. The summed E-state index contributed by atoms with van der Waals surface area (Å²) in [6, 6.07) is 17.0. The highest BCUT2D eigenvalue weighted by molar-refractivity contribution is 7.92. The molecule has 0 aliphatic carbocycles. The quantitative estimate of drug-likeness (QED) is 0.778. The first-order valence-electron chi connectivity index (χ1n) is 7.54. The maximum atomic E-state index is 12.5. The largest absolute Gasteiger partial charge is 0.280 e. The summed E-state index contributed by atoms with van der Waals surface area (Å²) in [4.78, 5) is 4.08. The molecule has 0 saturated heterocycles. The maximum Gasteiger partial charge on any atom is 0.263 e. The summed E-state index contributed by atoms with van der Waals surface area (Å²) >= 11 is 0. The highest BCUT2D eigenvalue weighted by Gasteiger charge is 2.18. The van der Waals surface area contributed by atoms with E-state index in [4.69, 9.17) is 5.26 Å². The van der Waals surface area contributed by atoms with Gasteiger partial charge in [-0.2, -0.15) is 5.26 Å². The fourth-order valence-electron chi connectivity index (χ4n) is 2.49. The molecule has 124 valence electrons. The van der Waals surface area contributed by atoms with Crippen molar-refractivity contribution in [2.45, 2.75) is 11.8 Å². The minimum Gasteiger partial charge on any atom is -0.280 e. The molecule has 3 rings (SSSR count). The Morgan fingerprint density at radius 3 is 2.44 bits per heavy atom. The van der Waals surface area contributed by atoms with E-state index in [2.05, 4.69) is 9.71 Å². The van der Waals surface area contributed by atoms with E-state index in [9.17, 15) is 8.42 Å². The zero-order valence-electron chi connectivity index (χ0n) is 13.5. The third kappa shape index (κ3) is 3.52. The molecule has 6 heteroatoms. The number of nitrogens with one attached hydrogen (secondary N) is 1. The van der Waals surface area contributed by atoms with Crippen LogP contribution < -0.4 is 4.72 Å². The van der Waals surface area contributed by atoms with Gasteiger partial charge >= 0.3 is 0 Å². The summed E-state index contributed by atoms with van der Waals surface area (Å²) in [5.41, 5.74) is 3.57. The Hall–Kier alpha value is -3.17. The number of hydrogen-bond acceptors (Lipinski definition) is 4. The minimum absolute atomic E-state index is 0.0373. The molecule has 0 fully saturated rings. The van der Waals surface area contributed by atoms with Gasteiger partial charge in [-0.3, -0.25) is 9.71 Å². The normalized spacial score (nSPS) is 10.9. The van der Waals surface area contributed by atoms with E-state index in [-0.39, 0.29) is 10.5 Å². The van der Waals surface area contributed by atoms with E-state index < -0.39 is 10.0 Å². The Bertz CT molecular complexity index is 1050. The first-order chi connectivity index (χ1) is 12.0.